The lowest BCUT2D eigenvalue weighted by molar-refractivity contribution is 0.102. The van der Waals surface area contributed by atoms with Crippen molar-refractivity contribution in [3.8, 4) is 5.82 Å². The highest BCUT2D eigenvalue weighted by molar-refractivity contribution is 6.03. The summed E-state index contributed by atoms with van der Waals surface area (Å²) in [5.41, 5.74) is 2.17. The first-order valence-corrected chi connectivity index (χ1v) is 6.60. The second-order valence-electron chi connectivity index (χ2n) is 4.60. The van der Waals surface area contributed by atoms with Crippen LogP contribution in [-0.2, 0) is 0 Å². The van der Waals surface area contributed by atoms with Crippen LogP contribution in [0.3, 0.4) is 0 Å². The maximum atomic E-state index is 12.2. The number of nitrogens with one attached hydrogen (secondary N) is 2. The van der Waals surface area contributed by atoms with Crippen molar-refractivity contribution in [3.63, 3.8) is 0 Å². The molecule has 0 aliphatic rings. The van der Waals surface area contributed by atoms with Crippen LogP contribution in [-0.4, -0.2) is 46.3 Å². The minimum atomic E-state index is -0.370. The van der Waals surface area contributed by atoms with E-state index >= 15 is 0 Å². The molecule has 0 aliphatic heterocycles. The largest absolute Gasteiger partial charge is 0.321 e. The SMILES string of the molecule is O=C(Nc1ccc2n[nH]nc2c1)c1ccc(-n2cncn2)nn1. The van der Waals surface area contributed by atoms with E-state index in [9.17, 15) is 4.79 Å². The zero-order valence-corrected chi connectivity index (χ0v) is 11.6. The molecule has 0 fully saturated rings. The van der Waals surface area contributed by atoms with Gasteiger partial charge in [0.05, 0.1) is 0 Å². The summed E-state index contributed by atoms with van der Waals surface area (Å²) < 4.78 is 1.45. The summed E-state index contributed by atoms with van der Waals surface area (Å²) in [5.74, 6) is 0.105. The Kier molecular flexibility index (Phi) is 2.97. The Morgan fingerprint density at radius 2 is 2.00 bits per heavy atom. The predicted molar refractivity (Wildman–Crippen MR) is 78.8 cm³/mol. The third kappa shape index (κ3) is 2.48. The molecule has 0 bridgehead atoms. The molecule has 2 N–H and O–H groups in total. The highest BCUT2D eigenvalue weighted by Gasteiger charge is 2.10. The van der Waals surface area contributed by atoms with E-state index in [1.54, 1.807) is 30.3 Å². The summed E-state index contributed by atoms with van der Waals surface area (Å²) in [6.45, 7) is 0. The van der Waals surface area contributed by atoms with Gasteiger partial charge in [-0.3, -0.25) is 4.79 Å². The van der Waals surface area contributed by atoms with Crippen LogP contribution in [0.2, 0.25) is 0 Å². The number of hydrogen-bond acceptors (Lipinski definition) is 7. The number of benzene rings is 1. The second kappa shape index (κ2) is 5.26. The van der Waals surface area contributed by atoms with Gasteiger partial charge in [0.2, 0.25) is 0 Å². The molecular formula is C13H9N9O. The summed E-state index contributed by atoms with van der Waals surface area (Å²) in [5, 5.41) is 25.0. The second-order valence-corrected chi connectivity index (χ2v) is 4.60. The first-order chi connectivity index (χ1) is 11.3. The third-order valence-electron chi connectivity index (χ3n) is 3.11. The van der Waals surface area contributed by atoms with Crippen LogP contribution in [0, 0.1) is 0 Å². The average molecular weight is 307 g/mol. The molecule has 4 rings (SSSR count). The van der Waals surface area contributed by atoms with Crippen molar-refractivity contribution < 1.29 is 4.79 Å². The van der Waals surface area contributed by atoms with Gasteiger partial charge in [-0.05, 0) is 30.3 Å². The number of carbonyl (C=O) groups is 1. The summed E-state index contributed by atoms with van der Waals surface area (Å²) >= 11 is 0. The lowest BCUT2D eigenvalue weighted by atomic mass is 10.2. The van der Waals surface area contributed by atoms with Gasteiger partial charge in [-0.15, -0.1) is 10.2 Å². The number of carbonyl (C=O) groups excluding carboxylic acids is 1. The summed E-state index contributed by atoms with van der Waals surface area (Å²) in [6.07, 6.45) is 2.89. The van der Waals surface area contributed by atoms with Crippen molar-refractivity contribution in [1.29, 1.82) is 0 Å². The Morgan fingerprint density at radius 1 is 1.09 bits per heavy atom. The van der Waals surface area contributed by atoms with E-state index in [1.807, 2.05) is 0 Å². The highest BCUT2D eigenvalue weighted by Crippen LogP contribution is 2.15. The van der Waals surface area contributed by atoms with Crippen molar-refractivity contribution >= 4 is 22.6 Å². The highest BCUT2D eigenvalue weighted by atomic mass is 16.1. The summed E-state index contributed by atoms with van der Waals surface area (Å²) in [6, 6.07) is 8.41. The van der Waals surface area contributed by atoms with Crippen LogP contribution >= 0.6 is 0 Å². The van der Waals surface area contributed by atoms with Crippen LogP contribution in [0.1, 0.15) is 10.5 Å². The van der Waals surface area contributed by atoms with Crippen LogP contribution in [0.25, 0.3) is 16.9 Å². The van der Waals surface area contributed by atoms with Gasteiger partial charge in [-0.25, -0.2) is 9.67 Å². The minimum Gasteiger partial charge on any atom is -0.321 e. The predicted octanol–water partition coefficient (Wildman–Crippen LogP) is 0.581. The molecule has 4 aromatic rings. The minimum absolute atomic E-state index is 0.189. The first kappa shape index (κ1) is 13.0. The van der Waals surface area contributed by atoms with E-state index in [0.29, 0.717) is 17.0 Å². The van der Waals surface area contributed by atoms with Crippen LogP contribution in [0.4, 0.5) is 5.69 Å². The number of aromatic amines is 1. The van der Waals surface area contributed by atoms with Gasteiger partial charge in [0.25, 0.3) is 5.91 Å². The van der Waals surface area contributed by atoms with Crippen molar-refractivity contribution in [1.82, 2.24) is 40.4 Å². The molecule has 0 saturated carbocycles. The van der Waals surface area contributed by atoms with Crippen molar-refractivity contribution in [3.05, 3.63) is 48.7 Å². The van der Waals surface area contributed by atoms with Crippen molar-refractivity contribution in [2.75, 3.05) is 5.32 Å². The smallest absolute Gasteiger partial charge is 0.276 e. The first-order valence-electron chi connectivity index (χ1n) is 6.60. The molecule has 0 unspecified atom stereocenters. The molecule has 3 aromatic heterocycles. The summed E-state index contributed by atoms with van der Waals surface area (Å²) in [7, 11) is 0. The zero-order valence-electron chi connectivity index (χ0n) is 11.6. The molecule has 10 nitrogen and oxygen atoms in total. The topological polar surface area (TPSA) is 127 Å². The van der Waals surface area contributed by atoms with Crippen LogP contribution in [0.15, 0.2) is 43.0 Å². The maximum absolute atomic E-state index is 12.2. The fourth-order valence-corrected chi connectivity index (χ4v) is 2.01. The van der Waals surface area contributed by atoms with E-state index in [0.717, 1.165) is 5.52 Å². The molecule has 3 heterocycles. The Balaban J connectivity index is 1.54. The molecule has 112 valence electrons. The van der Waals surface area contributed by atoms with Gasteiger partial charge >= 0.3 is 0 Å². The number of H-pyrrole nitrogens is 1. The van der Waals surface area contributed by atoms with Gasteiger partial charge in [0.1, 0.15) is 23.7 Å². The Labute approximate surface area is 128 Å². The van der Waals surface area contributed by atoms with E-state index < -0.39 is 0 Å². The lowest BCUT2D eigenvalue weighted by Gasteiger charge is -2.04. The zero-order chi connectivity index (χ0) is 15.6. The summed E-state index contributed by atoms with van der Waals surface area (Å²) in [4.78, 5) is 16.0. The van der Waals surface area contributed by atoms with E-state index in [1.165, 1.54) is 17.3 Å². The van der Waals surface area contributed by atoms with Gasteiger partial charge < -0.3 is 5.32 Å². The molecule has 0 radical (unpaired) electrons. The molecule has 0 saturated heterocycles. The number of rotatable bonds is 3. The lowest BCUT2D eigenvalue weighted by Crippen LogP contribution is -2.15. The fourth-order valence-electron chi connectivity index (χ4n) is 2.01. The quantitative estimate of drug-likeness (QED) is 0.566. The van der Waals surface area contributed by atoms with Gasteiger partial charge in [0.15, 0.2) is 11.5 Å². The van der Waals surface area contributed by atoms with Crippen LogP contribution < -0.4 is 5.32 Å². The maximum Gasteiger partial charge on any atom is 0.276 e. The number of fused-ring (bicyclic) bond motifs is 1. The number of anilines is 1. The van der Waals surface area contributed by atoms with E-state index in [4.69, 9.17) is 0 Å². The standard InChI is InChI=1S/C13H9N9O/c23-13(16-8-1-2-9-11(5-8)19-21-18-9)10-3-4-12(20-17-10)22-7-14-6-15-22/h1-7H,(H,16,23)(H,18,19,21). The monoisotopic (exact) mass is 307 g/mol. The van der Waals surface area contributed by atoms with E-state index in [2.05, 4.69) is 41.0 Å². The molecule has 1 aromatic carbocycles. The number of nitrogens with zero attached hydrogens (tertiary/aromatic N) is 7. The average Bonchev–Trinajstić information content (AvgIpc) is 3.26. The molecule has 1 amide bonds. The number of amides is 1. The van der Waals surface area contributed by atoms with Crippen molar-refractivity contribution in [2.24, 2.45) is 0 Å². The molecule has 0 aliphatic carbocycles. The fraction of sp³-hybridized carbons (Fsp3) is 0. The Bertz CT molecular complexity index is 959. The molecular weight excluding hydrogens is 298 g/mol. The van der Waals surface area contributed by atoms with Gasteiger partial charge in [-0.1, -0.05) is 0 Å². The molecule has 0 spiro atoms. The molecule has 10 heteroatoms. The van der Waals surface area contributed by atoms with Gasteiger partial charge in [0, 0.05) is 5.69 Å². The number of aromatic nitrogens is 8. The molecule has 23 heavy (non-hydrogen) atoms. The third-order valence-corrected chi connectivity index (χ3v) is 3.11. The van der Waals surface area contributed by atoms with E-state index in [-0.39, 0.29) is 11.6 Å². The molecule has 0 atom stereocenters. The Hall–Kier alpha value is -3.69. The number of hydrogen-bond donors (Lipinski definition) is 2. The normalized spacial score (nSPS) is 10.8. The van der Waals surface area contributed by atoms with Crippen LogP contribution in [0.5, 0.6) is 0 Å². The van der Waals surface area contributed by atoms with Gasteiger partial charge in [-0.2, -0.15) is 20.5 Å². The van der Waals surface area contributed by atoms with Crippen molar-refractivity contribution in [2.45, 2.75) is 0 Å². The Morgan fingerprint density at radius 3 is 2.78 bits per heavy atom.